The number of aromatic nitrogens is 2. The van der Waals surface area contributed by atoms with E-state index in [0.29, 0.717) is 31.2 Å². The molecule has 2 N–H and O–H groups in total. The molecule has 0 saturated heterocycles. The van der Waals surface area contributed by atoms with Crippen LogP contribution in [0.5, 0.6) is 0 Å². The van der Waals surface area contributed by atoms with E-state index in [-0.39, 0.29) is 5.69 Å². The lowest BCUT2D eigenvalue weighted by Crippen LogP contribution is -2.13. The van der Waals surface area contributed by atoms with E-state index >= 15 is 0 Å². The molecule has 0 aliphatic heterocycles. The zero-order chi connectivity index (χ0) is 15.1. The standard InChI is InChI=1S/C15H17N3O3/c1-21-8-7-16-13-10-12(15(19)20)17-14(18-13)9-11-5-3-2-4-6-11/h2-6,10H,7-9H2,1H3,(H,19,20)(H,16,17,18). The number of hydrogen-bond donors (Lipinski definition) is 2. The predicted molar refractivity (Wildman–Crippen MR) is 78.6 cm³/mol. The van der Waals surface area contributed by atoms with Crippen LogP contribution in [0.25, 0.3) is 0 Å². The number of nitrogens with zero attached hydrogens (tertiary/aromatic N) is 2. The first-order chi connectivity index (χ1) is 10.2. The molecule has 0 bridgehead atoms. The fraction of sp³-hybridized carbons (Fsp3) is 0.267. The Morgan fingerprint density at radius 2 is 2.05 bits per heavy atom. The van der Waals surface area contributed by atoms with Gasteiger partial charge in [0.2, 0.25) is 0 Å². The number of hydrogen-bond acceptors (Lipinski definition) is 5. The van der Waals surface area contributed by atoms with E-state index in [1.54, 1.807) is 7.11 Å². The maximum atomic E-state index is 11.1. The zero-order valence-corrected chi connectivity index (χ0v) is 11.7. The molecular formula is C15H17N3O3. The molecule has 1 heterocycles. The summed E-state index contributed by atoms with van der Waals surface area (Å²) in [7, 11) is 1.60. The Bertz CT molecular complexity index is 602. The summed E-state index contributed by atoms with van der Waals surface area (Å²) in [4.78, 5) is 19.6. The van der Waals surface area contributed by atoms with Crippen molar-refractivity contribution in [3.05, 3.63) is 53.5 Å². The number of nitrogens with one attached hydrogen (secondary N) is 1. The SMILES string of the molecule is COCCNc1cc(C(=O)O)nc(Cc2ccccc2)n1. The summed E-state index contributed by atoms with van der Waals surface area (Å²) >= 11 is 0. The van der Waals surface area contributed by atoms with E-state index in [4.69, 9.17) is 9.84 Å². The third-order valence-electron chi connectivity index (χ3n) is 2.81. The molecule has 0 aliphatic rings. The summed E-state index contributed by atoms with van der Waals surface area (Å²) in [5, 5.41) is 12.2. The van der Waals surface area contributed by atoms with Gasteiger partial charge in [0.05, 0.1) is 6.61 Å². The van der Waals surface area contributed by atoms with Gasteiger partial charge in [-0.05, 0) is 5.56 Å². The molecule has 0 saturated carbocycles. The van der Waals surface area contributed by atoms with Gasteiger partial charge >= 0.3 is 5.97 Å². The van der Waals surface area contributed by atoms with Crippen LogP contribution in [0.2, 0.25) is 0 Å². The van der Waals surface area contributed by atoms with Crippen molar-refractivity contribution in [3.63, 3.8) is 0 Å². The Morgan fingerprint density at radius 1 is 1.29 bits per heavy atom. The molecule has 0 unspecified atom stereocenters. The summed E-state index contributed by atoms with van der Waals surface area (Å²) in [6, 6.07) is 11.1. The summed E-state index contributed by atoms with van der Waals surface area (Å²) in [6.45, 7) is 1.07. The quantitative estimate of drug-likeness (QED) is 0.756. The highest BCUT2D eigenvalue weighted by atomic mass is 16.5. The lowest BCUT2D eigenvalue weighted by Gasteiger charge is -2.08. The fourth-order valence-corrected chi connectivity index (χ4v) is 1.84. The lowest BCUT2D eigenvalue weighted by molar-refractivity contribution is 0.0690. The second kappa shape index (κ2) is 7.35. The third-order valence-corrected chi connectivity index (χ3v) is 2.81. The van der Waals surface area contributed by atoms with Gasteiger partial charge in [-0.2, -0.15) is 0 Å². The molecular weight excluding hydrogens is 270 g/mol. The number of anilines is 1. The minimum atomic E-state index is -1.07. The van der Waals surface area contributed by atoms with Gasteiger partial charge in [-0.1, -0.05) is 30.3 Å². The van der Waals surface area contributed by atoms with Crippen LogP contribution in [0.4, 0.5) is 5.82 Å². The van der Waals surface area contributed by atoms with Crippen molar-refractivity contribution in [3.8, 4) is 0 Å². The van der Waals surface area contributed by atoms with Crippen LogP contribution in [0.1, 0.15) is 21.9 Å². The van der Waals surface area contributed by atoms with Crippen molar-refractivity contribution >= 4 is 11.8 Å². The second-order valence-electron chi connectivity index (χ2n) is 4.44. The Balaban J connectivity index is 2.20. The molecule has 1 aromatic carbocycles. The summed E-state index contributed by atoms with van der Waals surface area (Å²) in [5.41, 5.74) is 1.01. The van der Waals surface area contributed by atoms with Gasteiger partial charge in [-0.25, -0.2) is 14.8 Å². The highest BCUT2D eigenvalue weighted by Gasteiger charge is 2.10. The summed E-state index contributed by atoms with van der Waals surface area (Å²) in [6.07, 6.45) is 0.487. The van der Waals surface area contributed by atoms with Crippen molar-refractivity contribution in [2.24, 2.45) is 0 Å². The van der Waals surface area contributed by atoms with Crippen molar-refractivity contribution in [1.29, 1.82) is 0 Å². The van der Waals surface area contributed by atoms with Gasteiger partial charge in [-0.15, -0.1) is 0 Å². The summed E-state index contributed by atoms with van der Waals surface area (Å²) in [5.74, 6) is -0.104. The number of carbonyl (C=O) groups is 1. The van der Waals surface area contributed by atoms with Gasteiger partial charge in [0.1, 0.15) is 11.6 Å². The highest BCUT2D eigenvalue weighted by molar-refractivity contribution is 5.86. The van der Waals surface area contributed by atoms with E-state index in [1.807, 2.05) is 30.3 Å². The van der Waals surface area contributed by atoms with E-state index < -0.39 is 5.97 Å². The zero-order valence-electron chi connectivity index (χ0n) is 11.7. The molecule has 1 aromatic heterocycles. The maximum Gasteiger partial charge on any atom is 0.354 e. The van der Waals surface area contributed by atoms with Crippen LogP contribution >= 0.6 is 0 Å². The van der Waals surface area contributed by atoms with Crippen LogP contribution in [0.3, 0.4) is 0 Å². The lowest BCUT2D eigenvalue weighted by atomic mass is 10.1. The molecule has 110 valence electrons. The maximum absolute atomic E-state index is 11.1. The molecule has 0 aliphatic carbocycles. The van der Waals surface area contributed by atoms with Crippen molar-refractivity contribution in [1.82, 2.24) is 9.97 Å². The smallest absolute Gasteiger partial charge is 0.354 e. The van der Waals surface area contributed by atoms with Gasteiger partial charge in [0, 0.05) is 26.1 Å². The van der Waals surface area contributed by atoms with Gasteiger partial charge in [0.25, 0.3) is 0 Å². The molecule has 2 aromatic rings. The van der Waals surface area contributed by atoms with Crippen molar-refractivity contribution in [2.45, 2.75) is 6.42 Å². The molecule has 0 spiro atoms. The average molecular weight is 287 g/mol. The minimum Gasteiger partial charge on any atom is -0.477 e. The summed E-state index contributed by atoms with van der Waals surface area (Å²) < 4.78 is 4.94. The van der Waals surface area contributed by atoms with Crippen LogP contribution in [0.15, 0.2) is 36.4 Å². The minimum absolute atomic E-state index is 0.0177. The Kier molecular flexibility index (Phi) is 5.22. The van der Waals surface area contributed by atoms with Crippen LogP contribution < -0.4 is 5.32 Å². The Labute approximate surface area is 122 Å². The first-order valence-electron chi connectivity index (χ1n) is 6.57. The normalized spacial score (nSPS) is 10.3. The van der Waals surface area contributed by atoms with E-state index in [2.05, 4.69) is 15.3 Å². The molecule has 0 atom stereocenters. The number of ether oxygens (including phenoxy) is 1. The molecule has 0 radical (unpaired) electrons. The van der Waals surface area contributed by atoms with Crippen LogP contribution in [0, 0.1) is 0 Å². The molecule has 6 heteroatoms. The number of aromatic carboxylic acids is 1. The number of rotatable bonds is 7. The van der Waals surface area contributed by atoms with Gasteiger partial charge in [-0.3, -0.25) is 0 Å². The van der Waals surface area contributed by atoms with Crippen LogP contribution in [-0.2, 0) is 11.2 Å². The van der Waals surface area contributed by atoms with Crippen LogP contribution in [-0.4, -0.2) is 41.3 Å². The van der Waals surface area contributed by atoms with Gasteiger partial charge in [0.15, 0.2) is 5.69 Å². The molecule has 6 nitrogen and oxygen atoms in total. The fourth-order valence-electron chi connectivity index (χ4n) is 1.84. The average Bonchev–Trinajstić information content (AvgIpc) is 2.48. The monoisotopic (exact) mass is 287 g/mol. The molecule has 21 heavy (non-hydrogen) atoms. The van der Waals surface area contributed by atoms with Crippen molar-refractivity contribution < 1.29 is 14.6 Å². The largest absolute Gasteiger partial charge is 0.477 e. The van der Waals surface area contributed by atoms with E-state index in [1.165, 1.54) is 6.07 Å². The van der Waals surface area contributed by atoms with Crippen molar-refractivity contribution in [2.75, 3.05) is 25.6 Å². The van der Waals surface area contributed by atoms with E-state index in [9.17, 15) is 4.79 Å². The first kappa shape index (κ1) is 14.9. The third kappa shape index (κ3) is 4.54. The molecule has 0 fully saturated rings. The number of carboxylic acids is 1. The highest BCUT2D eigenvalue weighted by Crippen LogP contribution is 2.11. The topological polar surface area (TPSA) is 84.3 Å². The number of carboxylic acid groups (broad SMARTS) is 1. The number of benzene rings is 1. The number of methoxy groups -OCH3 is 1. The Morgan fingerprint density at radius 3 is 2.71 bits per heavy atom. The van der Waals surface area contributed by atoms with E-state index in [0.717, 1.165) is 5.56 Å². The molecule has 0 amide bonds. The molecule has 2 rings (SSSR count). The first-order valence-corrected chi connectivity index (χ1v) is 6.57. The second-order valence-corrected chi connectivity index (χ2v) is 4.44. The Hall–Kier alpha value is -2.47. The van der Waals surface area contributed by atoms with Gasteiger partial charge < -0.3 is 15.2 Å². The predicted octanol–water partition coefficient (Wildman–Crippen LogP) is 1.82.